The molecule has 2 bridgehead atoms. The smallest absolute Gasteiger partial charge is 0.246 e. The first-order valence-corrected chi connectivity index (χ1v) is 9.84. The largest absolute Gasteiger partial charge is 0.394 e. The third kappa shape index (κ3) is 2.60. The molecule has 3 aliphatic rings. The molecule has 8 nitrogen and oxygen atoms in total. The van der Waals surface area contributed by atoms with Crippen LogP contribution in [0.2, 0.25) is 0 Å². The van der Waals surface area contributed by atoms with Gasteiger partial charge in [0.2, 0.25) is 17.7 Å². The maximum Gasteiger partial charge on any atom is 0.246 e. The van der Waals surface area contributed by atoms with E-state index >= 15 is 0 Å². The van der Waals surface area contributed by atoms with Crippen molar-refractivity contribution in [1.29, 1.82) is 0 Å². The third-order valence-corrected chi connectivity index (χ3v) is 6.57. The summed E-state index contributed by atoms with van der Waals surface area (Å²) in [6.45, 7) is 7.12. The van der Waals surface area contributed by atoms with Crippen molar-refractivity contribution in [3.8, 4) is 0 Å². The number of amides is 3. The number of likely N-dealkylation sites (tertiary alicyclic amines) is 1. The summed E-state index contributed by atoms with van der Waals surface area (Å²) in [4.78, 5) is 40.8. The summed E-state index contributed by atoms with van der Waals surface area (Å²) in [6.07, 6.45) is 1.79. The molecular weight excluding hydrogens is 350 g/mol. The fraction of sp³-hybridized carbons (Fsp3) is 0.842. The monoisotopic (exact) mass is 381 g/mol. The average molecular weight is 381 g/mol. The van der Waals surface area contributed by atoms with Crippen molar-refractivity contribution < 1.29 is 24.2 Å². The number of nitrogens with one attached hydrogen (secondary N) is 2. The summed E-state index contributed by atoms with van der Waals surface area (Å²) in [5.74, 6) is -2.12. The second kappa shape index (κ2) is 6.74. The maximum atomic E-state index is 13.4. The first-order valence-electron chi connectivity index (χ1n) is 9.84. The molecule has 0 aliphatic carbocycles. The van der Waals surface area contributed by atoms with Crippen molar-refractivity contribution in [2.45, 2.75) is 76.3 Å². The quantitative estimate of drug-likeness (QED) is 0.590. The maximum absolute atomic E-state index is 13.4. The fourth-order valence-corrected chi connectivity index (χ4v) is 5.43. The molecule has 0 aromatic heterocycles. The molecule has 3 rings (SSSR count). The van der Waals surface area contributed by atoms with Crippen LogP contribution in [0, 0.1) is 11.8 Å². The molecule has 3 saturated heterocycles. The normalized spacial score (nSPS) is 38.3. The van der Waals surface area contributed by atoms with Gasteiger partial charge in [0.05, 0.1) is 30.1 Å². The molecule has 6 atom stereocenters. The van der Waals surface area contributed by atoms with Crippen LogP contribution in [-0.4, -0.2) is 70.7 Å². The summed E-state index contributed by atoms with van der Waals surface area (Å²) in [7, 11) is 1.56. The van der Waals surface area contributed by atoms with E-state index in [1.807, 2.05) is 20.8 Å². The fourth-order valence-electron chi connectivity index (χ4n) is 5.43. The number of fused-ring (bicyclic) bond motifs is 1. The minimum Gasteiger partial charge on any atom is -0.394 e. The van der Waals surface area contributed by atoms with E-state index in [0.29, 0.717) is 19.3 Å². The van der Waals surface area contributed by atoms with Gasteiger partial charge < -0.3 is 25.4 Å². The number of aliphatic hydroxyl groups excluding tert-OH is 1. The lowest BCUT2D eigenvalue weighted by Gasteiger charge is -2.36. The van der Waals surface area contributed by atoms with Gasteiger partial charge in [-0.2, -0.15) is 0 Å². The number of hydrogen-bond donors (Lipinski definition) is 3. The third-order valence-electron chi connectivity index (χ3n) is 6.57. The molecule has 0 radical (unpaired) electrons. The highest BCUT2D eigenvalue weighted by Crippen LogP contribution is 2.64. The summed E-state index contributed by atoms with van der Waals surface area (Å²) in [5, 5.41) is 15.3. The Morgan fingerprint density at radius 1 is 1.30 bits per heavy atom. The second-order valence-corrected chi connectivity index (χ2v) is 8.39. The first-order chi connectivity index (χ1) is 12.7. The van der Waals surface area contributed by atoms with E-state index in [1.54, 1.807) is 14.0 Å². The number of nitrogens with zero attached hydrogens (tertiary/aromatic N) is 1. The van der Waals surface area contributed by atoms with Gasteiger partial charge in [-0.15, -0.1) is 0 Å². The standard InChI is InChI=1S/C19H31N3O5/c1-6-18-7-8-19(27-18)13(12(18)15(24)20-5)17(26)22(11(4)9-23)14(19)16(25)21-10(2)3/h10-14,23H,6-9H2,1-5H3,(H,20,24)(H,21,25)/t11-,12-,13+,14?,18+,19?/m1/s1. The SMILES string of the molecule is CC[C@@]12CCC3(O1)C(C(=O)NC(C)C)N([C@H](C)CO)C(=O)[C@@H]3[C@@H]2C(=O)NC. The van der Waals surface area contributed by atoms with E-state index in [2.05, 4.69) is 10.6 Å². The number of hydrogen-bond acceptors (Lipinski definition) is 5. The van der Waals surface area contributed by atoms with Crippen molar-refractivity contribution in [3.63, 3.8) is 0 Å². The van der Waals surface area contributed by atoms with E-state index in [4.69, 9.17) is 4.74 Å². The topological polar surface area (TPSA) is 108 Å². The van der Waals surface area contributed by atoms with Gasteiger partial charge in [0, 0.05) is 13.1 Å². The van der Waals surface area contributed by atoms with Crippen LogP contribution >= 0.6 is 0 Å². The Bertz CT molecular complexity index is 653. The lowest BCUT2D eigenvalue weighted by atomic mass is 9.65. The van der Waals surface area contributed by atoms with Crippen LogP contribution in [0.25, 0.3) is 0 Å². The number of ether oxygens (including phenoxy) is 1. The molecule has 3 fully saturated rings. The molecule has 2 unspecified atom stereocenters. The minimum atomic E-state index is -1.02. The number of rotatable bonds is 6. The average Bonchev–Trinajstić information content (AvgIpc) is 3.23. The van der Waals surface area contributed by atoms with E-state index in [9.17, 15) is 19.5 Å². The van der Waals surface area contributed by atoms with Gasteiger partial charge >= 0.3 is 0 Å². The van der Waals surface area contributed by atoms with Crippen LogP contribution in [0.1, 0.15) is 47.0 Å². The number of aliphatic hydroxyl groups is 1. The van der Waals surface area contributed by atoms with Crippen molar-refractivity contribution in [2.24, 2.45) is 11.8 Å². The van der Waals surface area contributed by atoms with Crippen molar-refractivity contribution >= 4 is 17.7 Å². The highest BCUT2D eigenvalue weighted by atomic mass is 16.5. The number of carbonyl (C=O) groups is 3. The lowest BCUT2D eigenvalue weighted by Crippen LogP contribution is -2.58. The molecule has 0 aromatic rings. The lowest BCUT2D eigenvalue weighted by molar-refractivity contribution is -0.150. The molecule has 0 saturated carbocycles. The van der Waals surface area contributed by atoms with Crippen LogP contribution in [0.4, 0.5) is 0 Å². The van der Waals surface area contributed by atoms with Crippen LogP contribution in [0.3, 0.4) is 0 Å². The minimum absolute atomic E-state index is 0.0946. The zero-order chi connectivity index (χ0) is 20.1. The van der Waals surface area contributed by atoms with E-state index < -0.39 is 35.1 Å². The Morgan fingerprint density at radius 3 is 2.48 bits per heavy atom. The molecule has 3 N–H and O–H groups in total. The molecule has 0 aromatic carbocycles. The summed E-state index contributed by atoms with van der Waals surface area (Å²) < 4.78 is 6.50. The second-order valence-electron chi connectivity index (χ2n) is 8.39. The number of carbonyl (C=O) groups excluding carboxylic acids is 3. The zero-order valence-electron chi connectivity index (χ0n) is 16.7. The molecule has 8 heteroatoms. The Balaban J connectivity index is 2.12. The Labute approximate surface area is 160 Å². The molecule has 27 heavy (non-hydrogen) atoms. The van der Waals surface area contributed by atoms with Crippen molar-refractivity contribution in [1.82, 2.24) is 15.5 Å². The highest BCUT2D eigenvalue weighted by Gasteiger charge is 2.78. The van der Waals surface area contributed by atoms with Crippen molar-refractivity contribution in [3.05, 3.63) is 0 Å². The van der Waals surface area contributed by atoms with Gasteiger partial charge in [-0.05, 0) is 40.0 Å². The van der Waals surface area contributed by atoms with Crippen LogP contribution in [0.5, 0.6) is 0 Å². The Hall–Kier alpha value is -1.67. The van der Waals surface area contributed by atoms with Gasteiger partial charge in [0.15, 0.2) is 0 Å². The van der Waals surface area contributed by atoms with Crippen LogP contribution < -0.4 is 10.6 Å². The predicted octanol–water partition coefficient (Wildman–Crippen LogP) is -0.207. The zero-order valence-corrected chi connectivity index (χ0v) is 16.7. The Morgan fingerprint density at radius 2 is 1.96 bits per heavy atom. The van der Waals surface area contributed by atoms with Gasteiger partial charge in [-0.1, -0.05) is 6.92 Å². The van der Waals surface area contributed by atoms with Gasteiger partial charge in [-0.25, -0.2) is 0 Å². The molecular formula is C19H31N3O5. The van der Waals surface area contributed by atoms with Gasteiger partial charge in [-0.3, -0.25) is 14.4 Å². The molecule has 1 spiro atoms. The van der Waals surface area contributed by atoms with E-state index in [-0.39, 0.29) is 30.4 Å². The van der Waals surface area contributed by atoms with Gasteiger partial charge in [0.1, 0.15) is 11.6 Å². The molecule has 3 aliphatic heterocycles. The Kier molecular flexibility index (Phi) is 5.01. The predicted molar refractivity (Wildman–Crippen MR) is 97.6 cm³/mol. The summed E-state index contributed by atoms with van der Waals surface area (Å²) in [5.41, 5.74) is -1.74. The van der Waals surface area contributed by atoms with E-state index in [1.165, 1.54) is 4.90 Å². The van der Waals surface area contributed by atoms with Crippen molar-refractivity contribution in [2.75, 3.05) is 13.7 Å². The van der Waals surface area contributed by atoms with Crippen LogP contribution in [0.15, 0.2) is 0 Å². The molecule has 3 heterocycles. The molecule has 3 amide bonds. The summed E-state index contributed by atoms with van der Waals surface area (Å²) in [6, 6.07) is -1.48. The highest BCUT2D eigenvalue weighted by molar-refractivity contribution is 5.99. The summed E-state index contributed by atoms with van der Waals surface area (Å²) >= 11 is 0. The van der Waals surface area contributed by atoms with E-state index in [0.717, 1.165) is 0 Å². The van der Waals surface area contributed by atoms with Crippen LogP contribution in [-0.2, 0) is 19.1 Å². The first kappa shape index (κ1) is 20.1. The molecule has 152 valence electrons. The van der Waals surface area contributed by atoms with Gasteiger partial charge in [0.25, 0.3) is 0 Å².